The van der Waals surface area contributed by atoms with Crippen LogP contribution in [-0.2, 0) is 70.7 Å². The van der Waals surface area contributed by atoms with Crippen LogP contribution in [0, 0.1) is 62.3 Å². The summed E-state index contributed by atoms with van der Waals surface area (Å²) in [6.07, 6.45) is 23.4. The zero-order valence-electron chi connectivity index (χ0n) is 83.2. The number of alkyl carbamates (subject to hydrolysis) is 1. The SMILES string of the molecule is Cc1cccc(Br)c1.Cc1cccc(C2(C)CCCC(O)C2=O)c1.Cc1cccc(C2(Cl)CCCCC2=O)c1.Cc1cccc(C2(N)CCCC(O)C2=O)c1.Cc1cccc(C2(N)CCCCC2=O)c1.Cc1cccc(C2(N=[N+]=[N-])CCCCC2=O)c1.Cc1cccc(C2(NC(=O)OC(C)(C)C)CCCCC2=O)c1.Cc1cccc(C2CCCCC2=O)c1.Cc1cccc(C2CCCCC2O)c1. The summed E-state index contributed by atoms with van der Waals surface area (Å²) in [7, 11) is 0. The van der Waals surface area contributed by atoms with E-state index in [2.05, 4.69) is 113 Å². The van der Waals surface area contributed by atoms with Gasteiger partial charge < -0.3 is 36.8 Å². The van der Waals surface area contributed by atoms with E-state index in [4.69, 9.17) is 33.3 Å². The Labute approximate surface area is 827 Å². The van der Waals surface area contributed by atoms with Gasteiger partial charge in [-0.15, -0.1) is 11.6 Å². The van der Waals surface area contributed by atoms with E-state index in [-0.39, 0.29) is 46.7 Å². The maximum absolute atomic E-state index is 12.7. The number of nitrogens with zero attached hydrogens (tertiary/aromatic N) is 3. The van der Waals surface area contributed by atoms with E-state index in [1.54, 1.807) is 0 Å². The van der Waals surface area contributed by atoms with Gasteiger partial charge in [-0.25, -0.2) is 4.79 Å². The first kappa shape index (κ1) is 110. The molecule has 0 radical (unpaired) electrons. The van der Waals surface area contributed by atoms with Gasteiger partial charge in [-0.05, 0) is 274 Å². The molecule has 137 heavy (non-hydrogen) atoms. The number of ether oxygens (including phenoxy) is 1. The zero-order valence-corrected chi connectivity index (χ0v) is 85.5. The molecule has 0 spiro atoms. The van der Waals surface area contributed by atoms with Crippen molar-refractivity contribution in [2.75, 3.05) is 0 Å². The third kappa shape index (κ3) is 30.9. The number of amides is 1. The van der Waals surface area contributed by atoms with Crippen LogP contribution in [0.5, 0.6) is 0 Å². The molecule has 0 aliphatic heterocycles. The number of carbonyl (C=O) groups excluding carboxylic acids is 8. The summed E-state index contributed by atoms with van der Waals surface area (Å²) in [4.78, 5) is 98.8. The minimum Gasteiger partial charge on any atom is -0.444 e. The topological polar surface area (TPSA) is 319 Å². The smallest absolute Gasteiger partial charge is 0.408 e. The molecular formula is C117H148BrClN6O12. The van der Waals surface area contributed by atoms with Gasteiger partial charge in [0.2, 0.25) is 0 Å². The van der Waals surface area contributed by atoms with Gasteiger partial charge in [0.15, 0.2) is 28.9 Å². The van der Waals surface area contributed by atoms with Gasteiger partial charge in [0.1, 0.15) is 56.4 Å². The molecule has 9 aromatic carbocycles. The predicted octanol–water partition coefficient (Wildman–Crippen LogP) is 26.0. The lowest BCUT2D eigenvalue weighted by Crippen LogP contribution is -2.54. The van der Waals surface area contributed by atoms with Crippen molar-refractivity contribution in [3.8, 4) is 0 Å². The van der Waals surface area contributed by atoms with Crippen LogP contribution in [0.1, 0.15) is 327 Å². The third-order valence-electron chi connectivity index (χ3n) is 27.8. The molecule has 0 bridgehead atoms. The molecule has 0 saturated heterocycles. The number of rotatable bonds is 10. The Kier molecular flexibility index (Phi) is 41.6. The number of aryl methyl sites for hydroxylation is 9. The summed E-state index contributed by atoms with van der Waals surface area (Å²) in [5.74, 6) is 1.21. The first-order valence-corrected chi connectivity index (χ1v) is 50.7. The van der Waals surface area contributed by atoms with Gasteiger partial charge in [0.05, 0.1) is 11.5 Å². The summed E-state index contributed by atoms with van der Waals surface area (Å²) in [6, 6.07) is 72.3. The molecule has 8 aliphatic rings. The molecule has 18 nitrogen and oxygen atoms in total. The first-order chi connectivity index (χ1) is 65.1. The number of nitrogens with one attached hydrogen (secondary N) is 1. The van der Waals surface area contributed by atoms with Crippen LogP contribution in [0.2, 0.25) is 0 Å². The minimum absolute atomic E-state index is 0.0237. The number of hydrogen-bond donors (Lipinski definition) is 6. The van der Waals surface area contributed by atoms with Crippen molar-refractivity contribution in [3.05, 3.63) is 328 Å². The maximum Gasteiger partial charge on any atom is 0.408 e. The lowest BCUT2D eigenvalue weighted by molar-refractivity contribution is -0.136. The van der Waals surface area contributed by atoms with Gasteiger partial charge in [-0.1, -0.05) is 316 Å². The average Bonchev–Trinajstić information content (AvgIpc) is 0.778. The molecule has 8 fully saturated rings. The standard InChI is InChI=1S/C18H25NO3.C14H18O2.C13H15ClO.C13H15N3O.C13H17NO2.C13H17NO.C13H18O.C13H16O.C7H7Br/c1-13-8-7-9-14(12-13)18(11-6-5-10-15(18)20)19-16(21)22-17(2,3)4;1-10-5-3-6-11(9-10)14(2)8-4-7-12(15)13(14)16;1-10-5-4-6-11(9-10)13(14)8-3-2-7-12(13)15;1-10-5-4-6-11(9-10)13(15-16-14)8-3-2-7-12(13)17;1-9-4-2-5-10(8-9)13(14)7-3-6-11(15)12(13)16;1-10-5-4-6-11(9-10)13(14)8-3-2-7-12(13)15;2*1-10-5-4-6-11(9-10)12-7-2-3-8-13(12)14;1-6-3-2-4-7(8)5-6/h7-9,12H,5-6,10-11H2,1-4H3,(H,19,21);3,5-6,9,12,15H,4,7-8H2,1-2H3;4-6,9H,2-3,7-8H2,1H3;4-6,9H,2-3,7-8H2,1H3;2,4-5,8,11,15H,3,6-7,14H2,1H3;4-6,9H,2-3,7-8,14H2,1H3;4-6,9,12-14H,2-3,7-8H2,1H3;4-6,9,12H,2-3,7-8H2,1H3;2-5H,1H3. The van der Waals surface area contributed by atoms with Crippen molar-refractivity contribution in [3.63, 3.8) is 0 Å². The van der Waals surface area contributed by atoms with E-state index in [0.29, 0.717) is 69.5 Å². The number of hydrogen-bond acceptors (Lipinski definition) is 15. The monoisotopic (exact) mass is 1940 g/mol. The van der Waals surface area contributed by atoms with Gasteiger partial charge in [0, 0.05) is 53.3 Å². The number of aliphatic hydroxyl groups excluding tert-OH is 3. The Balaban J connectivity index is 0.000000174. The highest BCUT2D eigenvalue weighted by atomic mass is 79.9. The number of carbonyl (C=O) groups is 8. The second-order valence-electron chi connectivity index (χ2n) is 40.3. The molecule has 17 rings (SSSR count). The fourth-order valence-corrected chi connectivity index (χ4v) is 20.8. The normalized spacial score (nSPS) is 25.2. The first-order valence-electron chi connectivity index (χ1n) is 49.5. The molecule has 8 saturated carbocycles. The Morgan fingerprint density at radius 1 is 0.416 bits per heavy atom. The van der Waals surface area contributed by atoms with Gasteiger partial charge in [-0.2, -0.15) is 0 Å². The van der Waals surface area contributed by atoms with Crippen LogP contribution in [0.25, 0.3) is 10.4 Å². The lowest BCUT2D eigenvalue weighted by Gasteiger charge is -2.37. The number of aliphatic hydroxyl groups is 3. The maximum atomic E-state index is 12.7. The van der Waals surface area contributed by atoms with Crippen LogP contribution in [0.3, 0.4) is 0 Å². The van der Waals surface area contributed by atoms with E-state index < -0.39 is 56.3 Å². The highest BCUT2D eigenvalue weighted by Gasteiger charge is 2.47. The van der Waals surface area contributed by atoms with Gasteiger partial charge in [-0.3, -0.25) is 33.6 Å². The molecule has 9 aromatic rings. The molecule has 20 heteroatoms. The number of Topliss-reactive ketones (excluding diaryl/α,β-unsaturated/α-hetero) is 7. The number of alkyl halides is 1. The number of nitrogens with two attached hydrogens (primary N) is 2. The predicted molar refractivity (Wildman–Crippen MR) is 554 cm³/mol. The van der Waals surface area contributed by atoms with E-state index in [9.17, 15) is 53.7 Å². The Hall–Kier alpha value is -10.2. The van der Waals surface area contributed by atoms with Crippen LogP contribution < -0.4 is 16.8 Å². The molecule has 11 atom stereocenters. The summed E-state index contributed by atoms with van der Waals surface area (Å²) >= 11 is 9.84. The van der Waals surface area contributed by atoms with Gasteiger partial charge in [0.25, 0.3) is 0 Å². The van der Waals surface area contributed by atoms with Gasteiger partial charge >= 0.3 is 6.09 Å². The zero-order chi connectivity index (χ0) is 99.9. The number of benzene rings is 9. The average molecular weight is 1950 g/mol. The van der Waals surface area contributed by atoms with Crippen molar-refractivity contribution in [2.24, 2.45) is 16.6 Å². The molecule has 1 amide bonds. The van der Waals surface area contributed by atoms with E-state index in [0.717, 1.165) is 187 Å². The van der Waals surface area contributed by atoms with Crippen molar-refractivity contribution in [1.82, 2.24) is 5.32 Å². The third-order valence-corrected chi connectivity index (χ3v) is 28.9. The van der Waals surface area contributed by atoms with Crippen molar-refractivity contribution >= 4 is 74.1 Å². The van der Waals surface area contributed by atoms with Crippen molar-refractivity contribution in [2.45, 2.75) is 351 Å². The summed E-state index contributed by atoms with van der Waals surface area (Å²) in [5, 5.41) is 35.9. The second-order valence-corrected chi connectivity index (χ2v) is 41.9. The van der Waals surface area contributed by atoms with E-state index in [1.165, 1.54) is 47.1 Å². The van der Waals surface area contributed by atoms with Crippen LogP contribution >= 0.6 is 27.5 Å². The lowest BCUT2D eigenvalue weighted by atomic mass is 9.69. The Morgan fingerprint density at radius 2 is 0.818 bits per heavy atom. The number of ketones is 7. The molecule has 8 N–H and O–H groups in total. The number of azide groups is 1. The van der Waals surface area contributed by atoms with Crippen molar-refractivity contribution < 1.29 is 58.4 Å². The van der Waals surface area contributed by atoms with Crippen LogP contribution in [0.15, 0.2) is 228 Å². The fraction of sp³-hybridized carbons (Fsp3) is 0.470. The van der Waals surface area contributed by atoms with Crippen LogP contribution in [0.4, 0.5) is 4.79 Å². The van der Waals surface area contributed by atoms with Crippen molar-refractivity contribution in [1.29, 1.82) is 0 Å². The number of halogens is 2. The highest BCUT2D eigenvalue weighted by molar-refractivity contribution is 9.10. The molecular weight excluding hydrogens is 1800 g/mol. The van der Waals surface area contributed by atoms with Crippen LogP contribution in [-0.4, -0.2) is 85.8 Å². The van der Waals surface area contributed by atoms with E-state index in [1.807, 2.05) is 227 Å². The Morgan fingerprint density at radius 3 is 1.32 bits per heavy atom. The quantitative estimate of drug-likeness (QED) is 0.0321. The second kappa shape index (κ2) is 51.6. The summed E-state index contributed by atoms with van der Waals surface area (Å²) in [6.45, 7) is 25.7. The summed E-state index contributed by atoms with van der Waals surface area (Å²) < 4.78 is 6.51. The molecule has 0 heterocycles. The molecule has 0 aromatic heterocycles. The largest absolute Gasteiger partial charge is 0.444 e. The fourth-order valence-electron chi connectivity index (χ4n) is 20.0. The Bertz CT molecular complexity index is 5470. The molecule has 8 aliphatic carbocycles. The van der Waals surface area contributed by atoms with E-state index >= 15 is 0 Å². The molecule has 732 valence electrons. The minimum atomic E-state index is -0.996. The molecule has 11 unspecified atom stereocenters. The summed E-state index contributed by atoms with van der Waals surface area (Å²) in [5.41, 5.74) is 35.0. The highest BCUT2D eigenvalue weighted by Crippen LogP contribution is 2.44.